The highest BCUT2D eigenvalue weighted by Crippen LogP contribution is 2.20. The van der Waals surface area contributed by atoms with E-state index in [1.54, 1.807) is 0 Å². The topological polar surface area (TPSA) is 0 Å². The van der Waals surface area contributed by atoms with Crippen LogP contribution in [0, 0.1) is 0 Å². The highest BCUT2D eigenvalue weighted by molar-refractivity contribution is 7.19. The Labute approximate surface area is 259 Å². The summed E-state index contributed by atoms with van der Waals surface area (Å²) in [5.74, 6) is 0.845. The molecule has 0 N–H and O–H groups in total. The van der Waals surface area contributed by atoms with Crippen LogP contribution in [0.4, 0.5) is 0 Å². The highest BCUT2D eigenvalue weighted by atomic mass is 35.6. The van der Waals surface area contributed by atoms with Crippen LogP contribution in [-0.4, -0.2) is 13.3 Å². The van der Waals surface area contributed by atoms with E-state index in [0.29, 0.717) is 0 Å². The molecule has 0 radical (unpaired) electrons. The maximum absolute atomic E-state index is 6.39. The fraction of sp³-hybridized carbons (Fsp3) is 1.00. The summed E-state index contributed by atoms with van der Waals surface area (Å²) in [6, 6.07) is 1.30. The second-order valence-corrected chi connectivity index (χ2v) is 20.9. The minimum absolute atomic E-state index is 0.845. The zero-order valence-electron chi connectivity index (χ0n) is 27.3. The Bertz CT molecular complexity index is 434. The predicted octanol–water partition coefficient (Wildman–Crippen LogP) is 15.2. The summed E-state index contributed by atoms with van der Waals surface area (Å²) >= 11 is 12.1. The van der Waals surface area contributed by atoms with Gasteiger partial charge < -0.3 is 0 Å². The Morgan fingerprint density at radius 1 is 0.282 bits per heavy atom. The van der Waals surface area contributed by atoms with Crippen LogP contribution in [-0.2, 0) is 0 Å². The van der Waals surface area contributed by atoms with E-state index in [9.17, 15) is 0 Å². The van der Waals surface area contributed by atoms with Gasteiger partial charge in [-0.05, 0) is 12.5 Å². The van der Waals surface area contributed by atoms with E-state index >= 15 is 0 Å². The number of halogens is 2. The lowest BCUT2D eigenvalue weighted by Crippen LogP contribution is -2.14. The number of alkyl halides is 1. The Balaban J connectivity index is 3.04. The van der Waals surface area contributed by atoms with Crippen LogP contribution in [0.25, 0.3) is 0 Å². The van der Waals surface area contributed by atoms with Gasteiger partial charge in [-0.2, -0.15) is 11.1 Å². The molecule has 0 aromatic heterocycles. The van der Waals surface area contributed by atoms with Gasteiger partial charge in [0.25, 0.3) is 0 Å². The van der Waals surface area contributed by atoms with E-state index in [1.165, 1.54) is 212 Å². The molecule has 0 saturated carbocycles. The molecular formula is C36H74Cl2Si. The van der Waals surface area contributed by atoms with Crippen LogP contribution in [0.1, 0.15) is 205 Å². The average Bonchev–Trinajstić information content (AvgIpc) is 2.90. The maximum atomic E-state index is 6.39. The molecule has 0 amide bonds. The Kier molecular flexibility index (Phi) is 34.0. The van der Waals surface area contributed by atoms with Gasteiger partial charge in [-0.1, -0.05) is 212 Å². The first-order chi connectivity index (χ1) is 19.1. The fourth-order valence-electron chi connectivity index (χ4n) is 5.94. The van der Waals surface area contributed by atoms with Crippen LogP contribution in [0.2, 0.25) is 19.1 Å². The monoisotopic (exact) mass is 604 g/mol. The summed E-state index contributed by atoms with van der Waals surface area (Å²) in [5, 5.41) is 0. The largest absolute Gasteiger partial charge is 0.168 e. The molecule has 0 nitrogen and oxygen atoms in total. The zero-order chi connectivity index (χ0) is 28.5. The molecule has 236 valence electrons. The van der Waals surface area contributed by atoms with Crippen molar-refractivity contribution in [3.63, 3.8) is 0 Å². The second kappa shape index (κ2) is 33.3. The summed E-state index contributed by atoms with van der Waals surface area (Å²) in [5.41, 5.74) is 0. The van der Waals surface area contributed by atoms with Crippen molar-refractivity contribution < 1.29 is 0 Å². The Hall–Kier alpha value is 0.797. The van der Waals surface area contributed by atoms with Crippen molar-refractivity contribution in [1.82, 2.24) is 0 Å². The van der Waals surface area contributed by atoms with Gasteiger partial charge in [0.05, 0.1) is 0 Å². The van der Waals surface area contributed by atoms with Crippen LogP contribution >= 0.6 is 22.7 Å². The first kappa shape index (κ1) is 39.8. The van der Waals surface area contributed by atoms with Gasteiger partial charge in [-0.3, -0.25) is 0 Å². The van der Waals surface area contributed by atoms with Gasteiger partial charge in [0.15, 0.2) is 0 Å². The SMILES string of the molecule is C[Si](C)(Cl)CCCCCCCCCCCCCCCCCCCCCCCCCCCCCCCCCCCl. The standard InChI is InChI=1S/C36H74Cl2Si/c1-39(2,38)36-34-32-30-28-26-24-22-20-18-16-14-12-10-8-6-4-3-5-7-9-11-13-15-17-19-21-23-25-27-29-31-33-35-37/h3-36H2,1-2H3. The molecule has 0 heterocycles. The molecule has 0 aliphatic rings. The van der Waals surface area contributed by atoms with E-state index in [-0.39, 0.29) is 0 Å². The lowest BCUT2D eigenvalue weighted by Gasteiger charge is -2.11. The number of hydrogen-bond donors (Lipinski definition) is 0. The molecule has 3 heteroatoms. The van der Waals surface area contributed by atoms with E-state index in [2.05, 4.69) is 13.1 Å². The molecule has 0 bridgehead atoms. The van der Waals surface area contributed by atoms with Crippen molar-refractivity contribution >= 4 is 30.1 Å². The maximum Gasteiger partial charge on any atom is 0.150 e. The lowest BCUT2D eigenvalue weighted by molar-refractivity contribution is 0.512. The minimum atomic E-state index is -1.31. The highest BCUT2D eigenvalue weighted by Gasteiger charge is 2.15. The van der Waals surface area contributed by atoms with Crippen LogP contribution in [0.5, 0.6) is 0 Å². The molecule has 0 aliphatic carbocycles. The summed E-state index contributed by atoms with van der Waals surface area (Å²) in [6.07, 6.45) is 46.4. The van der Waals surface area contributed by atoms with Crippen molar-refractivity contribution in [3.05, 3.63) is 0 Å². The van der Waals surface area contributed by atoms with Crippen LogP contribution in [0.3, 0.4) is 0 Å². The summed E-state index contributed by atoms with van der Waals surface area (Å²) in [6.45, 7) is 4.55. The quantitative estimate of drug-likeness (QED) is 0.0296. The third-order valence-electron chi connectivity index (χ3n) is 8.65. The first-order valence-corrected chi connectivity index (χ1v) is 23.1. The summed E-state index contributed by atoms with van der Waals surface area (Å²) < 4.78 is 0. The summed E-state index contributed by atoms with van der Waals surface area (Å²) in [4.78, 5) is 0. The van der Waals surface area contributed by atoms with Gasteiger partial charge in [-0.15, -0.1) is 11.6 Å². The number of unbranched alkanes of at least 4 members (excludes halogenated alkanes) is 31. The van der Waals surface area contributed by atoms with E-state index in [0.717, 1.165) is 5.88 Å². The second-order valence-electron chi connectivity index (χ2n) is 13.5. The average molecular weight is 606 g/mol. The molecule has 0 unspecified atom stereocenters. The van der Waals surface area contributed by atoms with Crippen molar-refractivity contribution in [3.8, 4) is 0 Å². The van der Waals surface area contributed by atoms with Gasteiger partial charge >= 0.3 is 0 Å². The van der Waals surface area contributed by atoms with Crippen molar-refractivity contribution in [2.75, 3.05) is 5.88 Å². The van der Waals surface area contributed by atoms with Crippen LogP contribution in [0.15, 0.2) is 0 Å². The van der Waals surface area contributed by atoms with Crippen molar-refractivity contribution in [2.24, 2.45) is 0 Å². The van der Waals surface area contributed by atoms with Gasteiger partial charge in [0.2, 0.25) is 0 Å². The van der Waals surface area contributed by atoms with E-state index in [4.69, 9.17) is 22.7 Å². The van der Waals surface area contributed by atoms with E-state index in [1.807, 2.05) is 0 Å². The molecular weight excluding hydrogens is 531 g/mol. The molecule has 0 aliphatic heterocycles. The molecule has 0 rings (SSSR count). The lowest BCUT2D eigenvalue weighted by atomic mass is 10.0. The van der Waals surface area contributed by atoms with Gasteiger partial charge in [0, 0.05) is 5.88 Å². The van der Waals surface area contributed by atoms with Crippen molar-refractivity contribution in [1.29, 1.82) is 0 Å². The normalized spacial score (nSPS) is 12.0. The van der Waals surface area contributed by atoms with Gasteiger partial charge in [-0.25, -0.2) is 0 Å². The zero-order valence-corrected chi connectivity index (χ0v) is 29.8. The smallest absolute Gasteiger partial charge is 0.150 e. The summed E-state index contributed by atoms with van der Waals surface area (Å²) in [7, 11) is -1.31. The molecule has 39 heavy (non-hydrogen) atoms. The third kappa shape index (κ3) is 38.8. The third-order valence-corrected chi connectivity index (χ3v) is 11.0. The first-order valence-electron chi connectivity index (χ1n) is 18.3. The molecule has 0 atom stereocenters. The van der Waals surface area contributed by atoms with Crippen LogP contribution < -0.4 is 0 Å². The number of hydrogen-bond acceptors (Lipinski definition) is 0. The van der Waals surface area contributed by atoms with Gasteiger partial charge in [0.1, 0.15) is 7.38 Å². The minimum Gasteiger partial charge on any atom is -0.168 e. The molecule has 0 aromatic rings. The fourth-order valence-corrected chi connectivity index (χ4v) is 7.62. The molecule has 0 fully saturated rings. The predicted molar refractivity (Wildman–Crippen MR) is 187 cm³/mol. The van der Waals surface area contributed by atoms with E-state index < -0.39 is 7.38 Å². The molecule has 0 aromatic carbocycles. The number of rotatable bonds is 34. The Morgan fingerprint density at radius 2 is 0.436 bits per heavy atom. The molecule has 0 spiro atoms. The van der Waals surface area contributed by atoms with Crippen molar-refractivity contribution in [2.45, 2.75) is 225 Å². The Morgan fingerprint density at radius 3 is 0.590 bits per heavy atom. The molecule has 0 saturated heterocycles.